The summed E-state index contributed by atoms with van der Waals surface area (Å²) in [4.78, 5) is 2.35. The van der Waals surface area contributed by atoms with Crippen molar-refractivity contribution in [3.8, 4) is 0 Å². The number of hydrogen-bond acceptors (Lipinski definition) is 1. The van der Waals surface area contributed by atoms with E-state index in [9.17, 15) is 8.78 Å². The maximum absolute atomic E-state index is 13.9. The monoisotopic (exact) mass is 325 g/mol. The maximum atomic E-state index is 13.9. The summed E-state index contributed by atoms with van der Waals surface area (Å²) in [5.41, 5.74) is 3.59. The molecule has 0 atom stereocenters. The molecule has 3 heteroatoms. The summed E-state index contributed by atoms with van der Waals surface area (Å²) >= 11 is 0. The smallest absolute Gasteiger partial charge is 0.123 e. The zero-order valence-corrected chi connectivity index (χ0v) is 13.9. The van der Waals surface area contributed by atoms with Gasteiger partial charge >= 0.3 is 0 Å². The predicted molar refractivity (Wildman–Crippen MR) is 92.8 cm³/mol. The van der Waals surface area contributed by atoms with Crippen LogP contribution in [0.1, 0.15) is 24.8 Å². The lowest BCUT2D eigenvalue weighted by Gasteiger charge is -2.30. The molecule has 1 nitrogen and oxygen atoms in total. The van der Waals surface area contributed by atoms with Crippen molar-refractivity contribution in [2.24, 2.45) is 5.92 Å². The Balaban J connectivity index is 1.83. The Hall–Kier alpha value is -2.00. The van der Waals surface area contributed by atoms with Gasteiger partial charge in [-0.1, -0.05) is 23.8 Å². The summed E-state index contributed by atoms with van der Waals surface area (Å²) in [6.07, 6.45) is 3.09. The zero-order chi connectivity index (χ0) is 16.7. The van der Waals surface area contributed by atoms with E-state index in [1.54, 1.807) is 6.07 Å². The first-order valence-electron chi connectivity index (χ1n) is 8.58. The molecule has 0 radical (unpaired) electrons. The lowest BCUT2D eigenvalue weighted by Crippen LogP contribution is -2.33. The van der Waals surface area contributed by atoms with Gasteiger partial charge in [0, 0.05) is 0 Å². The van der Waals surface area contributed by atoms with Gasteiger partial charge in [0.25, 0.3) is 0 Å². The second-order valence-electron chi connectivity index (χ2n) is 6.95. The molecule has 24 heavy (non-hydrogen) atoms. The van der Waals surface area contributed by atoms with Gasteiger partial charge in [-0.25, -0.2) is 8.78 Å². The van der Waals surface area contributed by atoms with E-state index in [1.165, 1.54) is 29.3 Å². The van der Waals surface area contributed by atoms with Crippen molar-refractivity contribution in [3.05, 3.63) is 70.1 Å². The number of halogens is 2. The third-order valence-electron chi connectivity index (χ3n) is 5.42. The lowest BCUT2D eigenvalue weighted by atomic mass is 9.86. The first-order chi connectivity index (χ1) is 11.6. The minimum absolute atomic E-state index is 0.181. The fourth-order valence-corrected chi connectivity index (χ4v) is 4.06. The van der Waals surface area contributed by atoms with Gasteiger partial charge in [0.15, 0.2) is 0 Å². The predicted octanol–water partition coefficient (Wildman–Crippen LogP) is 3.06. The van der Waals surface area contributed by atoms with E-state index in [0.29, 0.717) is 5.92 Å². The summed E-state index contributed by atoms with van der Waals surface area (Å²) in [7, 11) is 2.15. The molecule has 1 heterocycles. The van der Waals surface area contributed by atoms with Crippen LogP contribution < -0.4 is 10.4 Å². The largest absolute Gasteiger partial charge is 0.306 e. The van der Waals surface area contributed by atoms with Crippen molar-refractivity contribution in [2.45, 2.75) is 19.3 Å². The summed E-state index contributed by atoms with van der Waals surface area (Å²) < 4.78 is 27.1. The normalized spacial score (nSPS) is 19.0. The maximum Gasteiger partial charge on any atom is 0.123 e. The first kappa shape index (κ1) is 15.5. The molecular formula is C21H21F2N. The molecule has 0 aromatic heterocycles. The Morgan fingerprint density at radius 3 is 2.25 bits per heavy atom. The number of rotatable bonds is 2. The Morgan fingerprint density at radius 1 is 0.875 bits per heavy atom. The summed E-state index contributed by atoms with van der Waals surface area (Å²) in [5, 5.41) is 2.17. The molecule has 1 saturated heterocycles. The van der Waals surface area contributed by atoms with Crippen molar-refractivity contribution in [1.82, 2.24) is 4.90 Å². The quantitative estimate of drug-likeness (QED) is 0.820. The van der Waals surface area contributed by atoms with Crippen molar-refractivity contribution in [1.29, 1.82) is 0 Å². The minimum atomic E-state index is -0.226. The van der Waals surface area contributed by atoms with Crippen LogP contribution in [-0.4, -0.2) is 25.0 Å². The molecule has 0 spiro atoms. The second-order valence-corrected chi connectivity index (χ2v) is 6.95. The van der Waals surface area contributed by atoms with Crippen LogP contribution in [0.4, 0.5) is 8.78 Å². The fourth-order valence-electron chi connectivity index (χ4n) is 4.06. The highest BCUT2D eigenvalue weighted by Gasteiger charge is 2.25. The van der Waals surface area contributed by atoms with Gasteiger partial charge in [-0.15, -0.1) is 0 Å². The molecule has 2 aromatic rings. The number of fused-ring (bicyclic) bond motifs is 1. The van der Waals surface area contributed by atoms with Crippen molar-refractivity contribution >= 4 is 11.1 Å². The molecular weight excluding hydrogens is 304 g/mol. The average molecular weight is 325 g/mol. The highest BCUT2D eigenvalue weighted by molar-refractivity contribution is 5.78. The van der Waals surface area contributed by atoms with E-state index in [2.05, 4.69) is 11.9 Å². The molecule has 1 fully saturated rings. The molecule has 2 aliphatic rings. The highest BCUT2D eigenvalue weighted by Crippen LogP contribution is 2.33. The van der Waals surface area contributed by atoms with E-state index in [0.717, 1.165) is 48.4 Å². The number of nitrogens with zero attached hydrogens (tertiary/aromatic N) is 1. The van der Waals surface area contributed by atoms with E-state index in [4.69, 9.17) is 0 Å². The number of likely N-dealkylation sites (tertiary alicyclic amines) is 1. The minimum Gasteiger partial charge on any atom is -0.306 e. The van der Waals surface area contributed by atoms with Gasteiger partial charge < -0.3 is 4.90 Å². The van der Waals surface area contributed by atoms with E-state index >= 15 is 0 Å². The van der Waals surface area contributed by atoms with Gasteiger partial charge in [0.1, 0.15) is 11.6 Å². The van der Waals surface area contributed by atoms with Crippen LogP contribution in [0.25, 0.3) is 11.1 Å². The van der Waals surface area contributed by atoms with Gasteiger partial charge in [-0.3, -0.25) is 0 Å². The standard InChI is InChI=1S/C21H21F2N/c1-24-10-8-15(9-11-24)20-13-19(14-2-4-16(22)5-3-14)18-7-6-17(23)12-21(18)20/h2-7,12,15H,8-11,13H2,1H3. The van der Waals surface area contributed by atoms with Gasteiger partial charge in [-0.05, 0) is 91.2 Å². The van der Waals surface area contributed by atoms with Crippen LogP contribution in [0.3, 0.4) is 0 Å². The number of benzene rings is 2. The first-order valence-corrected chi connectivity index (χ1v) is 8.58. The third kappa shape index (κ3) is 2.78. The van der Waals surface area contributed by atoms with Crippen LogP contribution in [0.15, 0.2) is 42.5 Å². The second kappa shape index (κ2) is 6.14. The van der Waals surface area contributed by atoms with Crippen LogP contribution >= 0.6 is 0 Å². The summed E-state index contributed by atoms with van der Waals surface area (Å²) in [5.74, 6) is 0.107. The lowest BCUT2D eigenvalue weighted by molar-refractivity contribution is 0.246. The molecule has 0 N–H and O–H groups in total. The van der Waals surface area contributed by atoms with Crippen LogP contribution in [0.5, 0.6) is 0 Å². The molecule has 124 valence electrons. The van der Waals surface area contributed by atoms with Crippen molar-refractivity contribution < 1.29 is 8.78 Å². The third-order valence-corrected chi connectivity index (χ3v) is 5.42. The fraction of sp³-hybridized carbons (Fsp3) is 0.333. The Morgan fingerprint density at radius 2 is 1.54 bits per heavy atom. The molecule has 0 amide bonds. The van der Waals surface area contributed by atoms with Crippen LogP contribution in [-0.2, 0) is 0 Å². The Labute approximate surface area is 140 Å². The Kier molecular flexibility index (Phi) is 3.97. The molecule has 1 aliphatic heterocycles. The van der Waals surface area contributed by atoms with Gasteiger partial charge in [0.05, 0.1) is 0 Å². The average Bonchev–Trinajstić information content (AvgIpc) is 2.95. The molecule has 2 aromatic carbocycles. The van der Waals surface area contributed by atoms with Crippen molar-refractivity contribution in [3.63, 3.8) is 0 Å². The highest BCUT2D eigenvalue weighted by atomic mass is 19.1. The number of piperidine rings is 1. The summed E-state index contributed by atoms with van der Waals surface area (Å²) in [6, 6.07) is 11.7. The topological polar surface area (TPSA) is 3.24 Å². The molecule has 0 bridgehead atoms. The molecule has 1 aliphatic carbocycles. The van der Waals surface area contributed by atoms with E-state index < -0.39 is 0 Å². The number of hydrogen-bond donors (Lipinski definition) is 0. The zero-order valence-electron chi connectivity index (χ0n) is 13.9. The molecule has 4 rings (SSSR count). The Bertz CT molecular complexity index is 875. The molecule has 0 unspecified atom stereocenters. The van der Waals surface area contributed by atoms with E-state index in [-0.39, 0.29) is 11.6 Å². The SMILES string of the molecule is CN1CCC(C2=c3cc(F)ccc3=C(c3ccc(F)cc3)C2)CC1. The molecule has 0 saturated carbocycles. The van der Waals surface area contributed by atoms with Gasteiger partial charge in [0.2, 0.25) is 0 Å². The van der Waals surface area contributed by atoms with Crippen molar-refractivity contribution in [2.75, 3.05) is 20.1 Å². The van der Waals surface area contributed by atoms with Crippen LogP contribution in [0.2, 0.25) is 0 Å². The van der Waals surface area contributed by atoms with Gasteiger partial charge in [-0.2, -0.15) is 0 Å². The van der Waals surface area contributed by atoms with Crippen LogP contribution in [0, 0.1) is 17.6 Å². The summed E-state index contributed by atoms with van der Waals surface area (Å²) in [6.45, 7) is 2.18. The van der Waals surface area contributed by atoms with E-state index in [1.807, 2.05) is 18.2 Å².